The van der Waals surface area contributed by atoms with Crippen molar-refractivity contribution in [2.24, 2.45) is 10.9 Å². The van der Waals surface area contributed by atoms with Gasteiger partial charge in [-0.3, -0.25) is 0 Å². The highest BCUT2D eigenvalue weighted by Gasteiger charge is 2.24. The Kier molecular flexibility index (Phi) is 4.95. The maximum atomic E-state index is 9.04. The Morgan fingerprint density at radius 1 is 1.48 bits per heavy atom. The van der Waals surface area contributed by atoms with Crippen molar-refractivity contribution in [2.45, 2.75) is 39.7 Å². The largest absolute Gasteiger partial charge is 0.409 e. The van der Waals surface area contributed by atoms with Crippen LogP contribution in [0.4, 0.5) is 5.82 Å². The monoisotopic (exact) mass is 293 g/mol. The molecule has 2 rings (SSSR count). The molecule has 0 bridgehead atoms. The van der Waals surface area contributed by atoms with Gasteiger partial charge in [0.2, 0.25) is 0 Å². The van der Waals surface area contributed by atoms with Gasteiger partial charge in [0, 0.05) is 19.7 Å². The van der Waals surface area contributed by atoms with Crippen LogP contribution in [0.3, 0.4) is 0 Å². The van der Waals surface area contributed by atoms with Crippen LogP contribution in [0, 0.1) is 13.8 Å². The summed E-state index contributed by atoms with van der Waals surface area (Å²) in [6.45, 7) is 8.11. The summed E-state index contributed by atoms with van der Waals surface area (Å²) in [5.41, 5.74) is 8.13. The third-order valence-corrected chi connectivity index (χ3v) is 3.93. The molecule has 1 aromatic rings. The zero-order chi connectivity index (χ0) is 15.4. The molecule has 116 valence electrons. The molecule has 1 aromatic heterocycles. The van der Waals surface area contributed by atoms with Gasteiger partial charge in [-0.05, 0) is 39.2 Å². The zero-order valence-corrected chi connectivity index (χ0v) is 12.8. The minimum atomic E-state index is 0.0614. The Morgan fingerprint density at radius 2 is 2.24 bits per heavy atom. The molecular formula is C14H23N5O2. The van der Waals surface area contributed by atoms with Gasteiger partial charge in [0.1, 0.15) is 0 Å². The number of nitrogens with two attached hydrogens (primary N) is 1. The van der Waals surface area contributed by atoms with Crippen LogP contribution >= 0.6 is 0 Å². The number of anilines is 1. The molecule has 0 amide bonds. The van der Waals surface area contributed by atoms with Crippen molar-refractivity contribution in [1.29, 1.82) is 0 Å². The van der Waals surface area contributed by atoms with Crippen LogP contribution in [-0.4, -0.2) is 47.0 Å². The van der Waals surface area contributed by atoms with E-state index in [9.17, 15) is 0 Å². The van der Waals surface area contributed by atoms with Gasteiger partial charge in [0.15, 0.2) is 11.7 Å². The average Bonchev–Trinajstić information content (AvgIpc) is 3.00. The van der Waals surface area contributed by atoms with E-state index in [4.69, 9.17) is 15.7 Å². The minimum absolute atomic E-state index is 0.0614. The molecule has 1 saturated heterocycles. The molecule has 3 N–H and O–H groups in total. The van der Waals surface area contributed by atoms with Crippen LogP contribution in [-0.2, 0) is 4.74 Å². The predicted molar refractivity (Wildman–Crippen MR) is 80.9 cm³/mol. The Bertz CT molecular complexity index is 526. The summed E-state index contributed by atoms with van der Waals surface area (Å²) in [6.07, 6.45) is 2.34. The van der Waals surface area contributed by atoms with Crippen LogP contribution < -0.4 is 10.6 Å². The topological polar surface area (TPSA) is 96.9 Å². The van der Waals surface area contributed by atoms with E-state index in [1.807, 2.05) is 20.8 Å². The number of hydrogen-bond donors (Lipinski definition) is 2. The number of nitrogens with zero attached hydrogens (tertiary/aromatic N) is 4. The second-order valence-corrected chi connectivity index (χ2v) is 5.27. The highest BCUT2D eigenvalue weighted by atomic mass is 16.5. The highest BCUT2D eigenvalue weighted by molar-refractivity contribution is 6.02. The first-order valence-corrected chi connectivity index (χ1v) is 7.26. The smallest absolute Gasteiger partial charge is 0.174 e. The molecule has 7 nitrogen and oxygen atoms in total. The lowest BCUT2D eigenvalue weighted by molar-refractivity contribution is 0.115. The molecule has 7 heteroatoms. The van der Waals surface area contributed by atoms with E-state index in [1.54, 1.807) is 0 Å². The molecule has 2 heterocycles. The third kappa shape index (κ3) is 3.24. The SMILES string of the molecule is CCN(CC1CCCO1)c1nnc(C)c(C)c1C(N)=NO. The van der Waals surface area contributed by atoms with E-state index >= 15 is 0 Å². The Morgan fingerprint density at radius 3 is 2.81 bits per heavy atom. The standard InChI is InChI=1S/C14H23N5O2/c1-4-19(8-11-6-5-7-21-11)14-12(13(15)18-20)9(2)10(3)16-17-14/h11,20H,4-8H2,1-3H3,(H2,15,18). The van der Waals surface area contributed by atoms with Gasteiger partial charge >= 0.3 is 0 Å². The maximum absolute atomic E-state index is 9.04. The number of aromatic nitrogens is 2. The number of oxime groups is 1. The second-order valence-electron chi connectivity index (χ2n) is 5.27. The molecule has 1 atom stereocenters. The van der Waals surface area contributed by atoms with E-state index < -0.39 is 0 Å². The van der Waals surface area contributed by atoms with Crippen LogP contribution in [0.15, 0.2) is 5.16 Å². The van der Waals surface area contributed by atoms with Gasteiger partial charge in [0.25, 0.3) is 0 Å². The number of hydrogen-bond acceptors (Lipinski definition) is 6. The number of likely N-dealkylation sites (N-methyl/N-ethyl adjacent to an activating group) is 1. The van der Waals surface area contributed by atoms with Crippen LogP contribution in [0.5, 0.6) is 0 Å². The maximum Gasteiger partial charge on any atom is 0.174 e. The van der Waals surface area contributed by atoms with Crippen molar-refractivity contribution in [2.75, 3.05) is 24.6 Å². The normalized spacial score (nSPS) is 19.0. The Labute approximate surface area is 124 Å². The number of aryl methyl sites for hydroxylation is 1. The molecule has 1 unspecified atom stereocenters. The Balaban J connectivity index is 2.37. The van der Waals surface area contributed by atoms with Gasteiger partial charge in [-0.15, -0.1) is 5.10 Å². The average molecular weight is 293 g/mol. The minimum Gasteiger partial charge on any atom is -0.409 e. The zero-order valence-electron chi connectivity index (χ0n) is 12.8. The summed E-state index contributed by atoms with van der Waals surface area (Å²) in [5, 5.41) is 20.6. The van der Waals surface area contributed by atoms with Crippen molar-refractivity contribution >= 4 is 11.7 Å². The molecule has 0 radical (unpaired) electrons. The van der Waals surface area contributed by atoms with E-state index in [2.05, 4.69) is 20.3 Å². The van der Waals surface area contributed by atoms with Crippen molar-refractivity contribution in [1.82, 2.24) is 10.2 Å². The van der Waals surface area contributed by atoms with Crippen molar-refractivity contribution in [3.63, 3.8) is 0 Å². The van der Waals surface area contributed by atoms with Crippen LogP contribution in [0.25, 0.3) is 0 Å². The Hall–Kier alpha value is -1.89. The summed E-state index contributed by atoms with van der Waals surface area (Å²) in [6, 6.07) is 0. The van der Waals surface area contributed by atoms with E-state index in [1.165, 1.54) is 0 Å². The molecule has 1 aliphatic heterocycles. The van der Waals surface area contributed by atoms with E-state index in [0.29, 0.717) is 11.4 Å². The van der Waals surface area contributed by atoms with Crippen molar-refractivity contribution in [3.8, 4) is 0 Å². The molecule has 0 aliphatic carbocycles. The predicted octanol–water partition coefficient (Wildman–Crippen LogP) is 1.19. The fourth-order valence-electron chi connectivity index (χ4n) is 2.57. The highest BCUT2D eigenvalue weighted by Crippen LogP contribution is 2.24. The fourth-order valence-corrected chi connectivity index (χ4v) is 2.57. The van der Waals surface area contributed by atoms with Gasteiger partial charge < -0.3 is 20.6 Å². The molecule has 21 heavy (non-hydrogen) atoms. The lowest BCUT2D eigenvalue weighted by atomic mass is 10.1. The first-order valence-electron chi connectivity index (χ1n) is 7.26. The first-order chi connectivity index (χ1) is 10.1. The fraction of sp³-hybridized carbons (Fsp3) is 0.643. The van der Waals surface area contributed by atoms with Crippen molar-refractivity contribution < 1.29 is 9.94 Å². The summed E-state index contributed by atoms with van der Waals surface area (Å²) < 4.78 is 5.69. The summed E-state index contributed by atoms with van der Waals surface area (Å²) in [4.78, 5) is 2.07. The summed E-state index contributed by atoms with van der Waals surface area (Å²) in [5.74, 6) is 0.706. The number of ether oxygens (including phenoxy) is 1. The van der Waals surface area contributed by atoms with Gasteiger partial charge in [-0.25, -0.2) is 0 Å². The quantitative estimate of drug-likeness (QED) is 0.366. The summed E-state index contributed by atoms with van der Waals surface area (Å²) >= 11 is 0. The molecule has 0 aromatic carbocycles. The first kappa shape index (κ1) is 15.5. The van der Waals surface area contributed by atoms with Crippen molar-refractivity contribution in [3.05, 3.63) is 16.8 Å². The molecule has 1 fully saturated rings. The number of amidine groups is 1. The summed E-state index contributed by atoms with van der Waals surface area (Å²) in [7, 11) is 0. The second kappa shape index (κ2) is 6.71. The molecule has 0 saturated carbocycles. The van der Waals surface area contributed by atoms with E-state index in [0.717, 1.165) is 43.8 Å². The lowest BCUT2D eigenvalue weighted by Crippen LogP contribution is -2.35. The molecule has 1 aliphatic rings. The van der Waals surface area contributed by atoms with Gasteiger partial charge in [-0.1, -0.05) is 5.16 Å². The number of rotatable bonds is 5. The van der Waals surface area contributed by atoms with Crippen LogP contribution in [0.2, 0.25) is 0 Å². The van der Waals surface area contributed by atoms with E-state index in [-0.39, 0.29) is 11.9 Å². The molecule has 0 spiro atoms. The van der Waals surface area contributed by atoms with Gasteiger partial charge in [-0.2, -0.15) is 5.10 Å². The van der Waals surface area contributed by atoms with Gasteiger partial charge in [0.05, 0.1) is 17.4 Å². The third-order valence-electron chi connectivity index (χ3n) is 3.93. The van der Waals surface area contributed by atoms with Crippen LogP contribution in [0.1, 0.15) is 36.6 Å². The lowest BCUT2D eigenvalue weighted by Gasteiger charge is -2.27. The molecular weight excluding hydrogens is 270 g/mol.